The number of para-hydroxylation sites is 1. The Balaban J connectivity index is 2.10. The van der Waals surface area contributed by atoms with Crippen molar-refractivity contribution < 1.29 is 4.74 Å². The first-order chi connectivity index (χ1) is 9.20. The molecular weight excluding hydrogens is 254 g/mol. The summed E-state index contributed by atoms with van der Waals surface area (Å²) in [4.78, 5) is 1.12. The predicted molar refractivity (Wildman–Crippen MR) is 82.8 cm³/mol. The summed E-state index contributed by atoms with van der Waals surface area (Å²) in [5.74, 6) is 1.83. The fraction of sp³-hybridized carbons (Fsp3) is 0.250. The molecule has 0 saturated heterocycles. The second kappa shape index (κ2) is 6.53. The van der Waals surface area contributed by atoms with Gasteiger partial charge in [-0.2, -0.15) is 0 Å². The topological polar surface area (TPSA) is 35.2 Å². The van der Waals surface area contributed by atoms with Crippen LogP contribution < -0.4 is 10.5 Å². The summed E-state index contributed by atoms with van der Waals surface area (Å²) in [7, 11) is 0. The number of nitrogen functional groups attached to an aromatic ring is 1. The van der Waals surface area contributed by atoms with Crippen LogP contribution in [-0.4, -0.2) is 6.61 Å². The van der Waals surface area contributed by atoms with E-state index in [4.69, 9.17) is 10.5 Å². The van der Waals surface area contributed by atoms with Gasteiger partial charge in [-0.05, 0) is 37.6 Å². The van der Waals surface area contributed by atoms with Gasteiger partial charge in [0.2, 0.25) is 0 Å². The molecule has 0 heterocycles. The van der Waals surface area contributed by atoms with Crippen LogP contribution in [0.15, 0.2) is 47.4 Å². The highest BCUT2D eigenvalue weighted by Gasteiger charge is 2.05. The molecule has 0 saturated carbocycles. The molecule has 0 fully saturated rings. The maximum Gasteiger partial charge on any atom is 0.123 e. The van der Waals surface area contributed by atoms with Crippen molar-refractivity contribution >= 4 is 17.4 Å². The van der Waals surface area contributed by atoms with Crippen molar-refractivity contribution in [2.75, 3.05) is 12.3 Å². The predicted octanol–water partition coefficient (Wildman–Crippen LogP) is 4.27. The summed E-state index contributed by atoms with van der Waals surface area (Å²) >= 11 is 1.74. The molecule has 0 bridgehead atoms. The van der Waals surface area contributed by atoms with Crippen LogP contribution in [0.25, 0.3) is 0 Å². The Morgan fingerprint density at radius 2 is 1.95 bits per heavy atom. The van der Waals surface area contributed by atoms with Crippen LogP contribution in [0.3, 0.4) is 0 Å². The van der Waals surface area contributed by atoms with Crippen molar-refractivity contribution in [1.29, 1.82) is 0 Å². The van der Waals surface area contributed by atoms with E-state index in [9.17, 15) is 0 Å². The van der Waals surface area contributed by atoms with E-state index in [2.05, 4.69) is 25.1 Å². The van der Waals surface area contributed by atoms with Gasteiger partial charge in [0.1, 0.15) is 5.75 Å². The average molecular weight is 273 g/mol. The minimum Gasteiger partial charge on any atom is -0.494 e. The highest BCUT2D eigenvalue weighted by molar-refractivity contribution is 7.98. The van der Waals surface area contributed by atoms with E-state index >= 15 is 0 Å². The summed E-state index contributed by atoms with van der Waals surface area (Å²) in [6.07, 6.45) is 0. The van der Waals surface area contributed by atoms with Crippen LogP contribution >= 0.6 is 11.8 Å². The Labute approximate surface area is 119 Å². The first kappa shape index (κ1) is 13.8. The Morgan fingerprint density at radius 3 is 2.68 bits per heavy atom. The molecule has 0 radical (unpaired) electrons. The zero-order valence-corrected chi connectivity index (χ0v) is 12.2. The first-order valence-electron chi connectivity index (χ1n) is 6.40. The maximum atomic E-state index is 6.03. The molecule has 2 N–H and O–H groups in total. The van der Waals surface area contributed by atoms with Crippen LogP contribution in [0.1, 0.15) is 18.1 Å². The monoisotopic (exact) mass is 273 g/mol. The number of rotatable bonds is 5. The van der Waals surface area contributed by atoms with Crippen molar-refractivity contribution in [3.63, 3.8) is 0 Å². The van der Waals surface area contributed by atoms with Gasteiger partial charge in [-0.1, -0.05) is 24.3 Å². The summed E-state index contributed by atoms with van der Waals surface area (Å²) in [5.41, 5.74) is 9.27. The van der Waals surface area contributed by atoms with Gasteiger partial charge in [-0.15, -0.1) is 11.8 Å². The molecule has 19 heavy (non-hydrogen) atoms. The summed E-state index contributed by atoms with van der Waals surface area (Å²) in [6.45, 7) is 4.74. The Kier molecular flexibility index (Phi) is 4.74. The quantitative estimate of drug-likeness (QED) is 0.652. The fourth-order valence-electron chi connectivity index (χ4n) is 1.87. The van der Waals surface area contributed by atoms with Gasteiger partial charge in [0, 0.05) is 21.9 Å². The zero-order chi connectivity index (χ0) is 13.7. The van der Waals surface area contributed by atoms with Crippen LogP contribution in [0.2, 0.25) is 0 Å². The maximum absolute atomic E-state index is 6.03. The van der Waals surface area contributed by atoms with Crippen molar-refractivity contribution in [1.82, 2.24) is 0 Å². The van der Waals surface area contributed by atoms with Crippen LogP contribution in [0.4, 0.5) is 5.69 Å². The second-order valence-electron chi connectivity index (χ2n) is 4.37. The lowest BCUT2D eigenvalue weighted by atomic mass is 10.2. The molecule has 0 atom stereocenters. The van der Waals surface area contributed by atoms with Gasteiger partial charge in [0.05, 0.1) is 6.61 Å². The number of benzene rings is 2. The Bertz CT molecular complexity index is 554. The number of hydrogen-bond donors (Lipinski definition) is 1. The normalized spacial score (nSPS) is 10.4. The van der Waals surface area contributed by atoms with E-state index in [1.165, 1.54) is 11.1 Å². The first-order valence-corrected chi connectivity index (χ1v) is 7.39. The largest absolute Gasteiger partial charge is 0.494 e. The third kappa shape index (κ3) is 3.67. The SMILES string of the molecule is CCOc1ccccc1CSc1ccc(C)cc1N. The third-order valence-electron chi connectivity index (χ3n) is 2.82. The number of aryl methyl sites for hydroxylation is 1. The van der Waals surface area contributed by atoms with Crippen molar-refractivity contribution in [2.24, 2.45) is 0 Å². The van der Waals surface area contributed by atoms with Gasteiger partial charge in [0.25, 0.3) is 0 Å². The molecule has 0 aliphatic rings. The second-order valence-corrected chi connectivity index (χ2v) is 5.39. The molecule has 100 valence electrons. The molecule has 0 spiro atoms. The summed E-state index contributed by atoms with van der Waals surface area (Å²) in [6, 6.07) is 14.3. The number of nitrogens with two attached hydrogens (primary N) is 1. The van der Waals surface area contributed by atoms with Crippen molar-refractivity contribution in [2.45, 2.75) is 24.5 Å². The molecule has 2 aromatic rings. The lowest BCUT2D eigenvalue weighted by Crippen LogP contribution is -1.96. The molecule has 3 heteroatoms. The van der Waals surface area contributed by atoms with Gasteiger partial charge >= 0.3 is 0 Å². The number of hydrogen-bond acceptors (Lipinski definition) is 3. The average Bonchev–Trinajstić information content (AvgIpc) is 2.40. The lowest BCUT2D eigenvalue weighted by molar-refractivity contribution is 0.337. The van der Waals surface area contributed by atoms with Gasteiger partial charge in [0.15, 0.2) is 0 Å². The van der Waals surface area contributed by atoms with E-state index in [0.29, 0.717) is 6.61 Å². The molecule has 0 aromatic heterocycles. The highest BCUT2D eigenvalue weighted by atomic mass is 32.2. The molecule has 0 amide bonds. The highest BCUT2D eigenvalue weighted by Crippen LogP contribution is 2.31. The minimum absolute atomic E-state index is 0.689. The van der Waals surface area contributed by atoms with Gasteiger partial charge in [-0.3, -0.25) is 0 Å². The Hall–Kier alpha value is -1.61. The van der Waals surface area contributed by atoms with Gasteiger partial charge < -0.3 is 10.5 Å². The molecule has 2 aromatic carbocycles. The van der Waals surface area contributed by atoms with Crippen molar-refractivity contribution in [3.05, 3.63) is 53.6 Å². The smallest absolute Gasteiger partial charge is 0.123 e. The zero-order valence-electron chi connectivity index (χ0n) is 11.3. The third-order valence-corrected chi connectivity index (χ3v) is 3.96. The molecule has 0 unspecified atom stereocenters. The van der Waals surface area contributed by atoms with Gasteiger partial charge in [-0.25, -0.2) is 0 Å². The molecule has 0 aliphatic carbocycles. The number of ether oxygens (including phenoxy) is 1. The van der Waals surface area contributed by atoms with Crippen LogP contribution in [0.5, 0.6) is 5.75 Å². The van der Waals surface area contributed by atoms with Crippen LogP contribution in [-0.2, 0) is 5.75 Å². The number of anilines is 1. The minimum atomic E-state index is 0.689. The van der Waals surface area contributed by atoms with E-state index < -0.39 is 0 Å². The molecule has 0 aliphatic heterocycles. The molecule has 2 rings (SSSR count). The van der Waals surface area contributed by atoms with E-state index in [1.54, 1.807) is 11.8 Å². The van der Waals surface area contributed by atoms with Crippen LogP contribution in [0, 0.1) is 6.92 Å². The molecule has 2 nitrogen and oxygen atoms in total. The van der Waals surface area contributed by atoms with E-state index in [-0.39, 0.29) is 0 Å². The standard InChI is InChI=1S/C16H19NOS/c1-3-18-15-7-5-4-6-13(15)11-19-16-9-8-12(2)10-14(16)17/h4-10H,3,11,17H2,1-2H3. The lowest BCUT2D eigenvalue weighted by Gasteiger charge is -2.10. The van der Waals surface area contributed by atoms with E-state index in [0.717, 1.165) is 22.1 Å². The summed E-state index contributed by atoms with van der Waals surface area (Å²) < 4.78 is 5.63. The molecular formula is C16H19NOS. The fourth-order valence-corrected chi connectivity index (χ4v) is 2.81. The van der Waals surface area contributed by atoms with Crippen molar-refractivity contribution in [3.8, 4) is 5.75 Å². The van der Waals surface area contributed by atoms with E-state index in [1.807, 2.05) is 31.2 Å². The summed E-state index contributed by atoms with van der Waals surface area (Å²) in [5, 5.41) is 0. The Morgan fingerprint density at radius 1 is 1.16 bits per heavy atom. The number of thioether (sulfide) groups is 1.